The molecule has 0 unspecified atom stereocenters. The van der Waals surface area contributed by atoms with Gasteiger partial charge in [-0.05, 0) is 11.1 Å². The molecule has 20 heavy (non-hydrogen) atoms. The van der Waals surface area contributed by atoms with Crippen LogP contribution in [0.5, 0.6) is 0 Å². The third kappa shape index (κ3) is 4.60. The third-order valence-corrected chi connectivity index (χ3v) is 2.88. The van der Waals surface area contributed by atoms with E-state index in [4.69, 9.17) is 5.11 Å². The van der Waals surface area contributed by atoms with Crippen LogP contribution in [0.15, 0.2) is 54.6 Å². The van der Waals surface area contributed by atoms with Crippen molar-refractivity contribution < 1.29 is 45.7 Å². The van der Waals surface area contributed by atoms with E-state index < -0.39 is 5.97 Å². The zero-order valence-electron chi connectivity index (χ0n) is 12.4. The molecule has 98 valence electrons. The molecular weight excluding hydrogens is 263 g/mol. The second-order valence-corrected chi connectivity index (χ2v) is 4.26. The first-order valence-corrected chi connectivity index (χ1v) is 6.07. The predicted octanol–water partition coefficient (Wildman–Crippen LogP) is 0.518. The zero-order valence-corrected chi connectivity index (χ0v) is 13.4. The Morgan fingerprint density at radius 1 is 0.850 bits per heavy atom. The van der Waals surface area contributed by atoms with Gasteiger partial charge in [-0.15, -0.1) is 0 Å². The van der Waals surface area contributed by atoms with Crippen molar-refractivity contribution in [3.8, 4) is 11.1 Å². The number of ketones is 1. The van der Waals surface area contributed by atoms with Crippen LogP contribution < -0.4 is 29.6 Å². The fourth-order valence-electron chi connectivity index (χ4n) is 1.84. The Balaban J connectivity index is 0.00000200. The monoisotopic (exact) mass is 278 g/mol. The summed E-state index contributed by atoms with van der Waals surface area (Å²) in [5.74, 6) is -1.09. The number of carboxylic acids is 1. The standard InChI is InChI=1S/C16H14O3.Na.H/c17-15(10-11-16(18)19)14-8-6-13(7-9-14)12-4-2-1-3-5-12;;/h1-9H,10-11H2,(H,18,19);;/q;+1;-1. The number of rotatable bonds is 5. The van der Waals surface area contributed by atoms with Crippen LogP contribution in [0.2, 0.25) is 0 Å². The Kier molecular flexibility index (Phi) is 6.65. The van der Waals surface area contributed by atoms with E-state index in [-0.39, 0.29) is 49.6 Å². The van der Waals surface area contributed by atoms with Gasteiger partial charge in [0.2, 0.25) is 0 Å². The van der Waals surface area contributed by atoms with Gasteiger partial charge >= 0.3 is 35.5 Å². The van der Waals surface area contributed by atoms with E-state index >= 15 is 0 Å². The number of hydrogen-bond acceptors (Lipinski definition) is 2. The minimum absolute atomic E-state index is 0. The number of hydrogen-bond donors (Lipinski definition) is 1. The van der Waals surface area contributed by atoms with Crippen LogP contribution in [0.1, 0.15) is 24.6 Å². The first kappa shape index (κ1) is 16.6. The van der Waals surface area contributed by atoms with Gasteiger partial charge in [0.15, 0.2) is 5.78 Å². The topological polar surface area (TPSA) is 54.4 Å². The molecule has 0 saturated heterocycles. The molecule has 0 aliphatic carbocycles. The van der Waals surface area contributed by atoms with E-state index in [1.54, 1.807) is 12.1 Å². The van der Waals surface area contributed by atoms with E-state index in [1.165, 1.54) is 0 Å². The van der Waals surface area contributed by atoms with Gasteiger partial charge in [0.05, 0.1) is 6.42 Å². The van der Waals surface area contributed by atoms with Crippen molar-refractivity contribution >= 4 is 11.8 Å². The average molecular weight is 278 g/mol. The molecule has 0 spiro atoms. The smallest absolute Gasteiger partial charge is 1.00 e. The SMILES string of the molecule is O=C(O)CCC(=O)c1ccc(-c2ccccc2)cc1.[H-].[Na+]. The van der Waals surface area contributed by atoms with Crippen LogP contribution in [-0.4, -0.2) is 16.9 Å². The fraction of sp³-hybridized carbons (Fsp3) is 0.125. The van der Waals surface area contributed by atoms with Crippen molar-refractivity contribution in [3.63, 3.8) is 0 Å². The third-order valence-electron chi connectivity index (χ3n) is 2.88. The van der Waals surface area contributed by atoms with E-state index in [2.05, 4.69) is 0 Å². The Bertz CT molecular complexity index is 582. The number of carbonyl (C=O) groups excluding carboxylic acids is 1. The largest absolute Gasteiger partial charge is 1.00 e. The van der Waals surface area contributed by atoms with Gasteiger partial charge in [-0.1, -0.05) is 54.6 Å². The minimum atomic E-state index is -0.950. The molecule has 0 aliphatic rings. The molecule has 1 N–H and O–H groups in total. The number of carbonyl (C=O) groups is 2. The molecule has 0 atom stereocenters. The Morgan fingerprint density at radius 2 is 1.40 bits per heavy atom. The Morgan fingerprint density at radius 3 is 1.95 bits per heavy atom. The summed E-state index contributed by atoms with van der Waals surface area (Å²) in [6, 6.07) is 17.1. The van der Waals surface area contributed by atoms with Crippen molar-refractivity contribution in [2.75, 3.05) is 0 Å². The zero-order chi connectivity index (χ0) is 13.7. The molecule has 0 bridgehead atoms. The number of Topliss-reactive ketones (excluding diaryl/α,β-unsaturated/α-hetero) is 1. The maximum Gasteiger partial charge on any atom is 1.00 e. The van der Waals surface area contributed by atoms with Gasteiger partial charge < -0.3 is 6.53 Å². The molecule has 0 radical (unpaired) electrons. The first-order valence-electron chi connectivity index (χ1n) is 6.07. The van der Waals surface area contributed by atoms with Gasteiger partial charge in [-0.3, -0.25) is 9.59 Å². The van der Waals surface area contributed by atoms with Crippen LogP contribution in [0.25, 0.3) is 11.1 Å². The van der Waals surface area contributed by atoms with Crippen LogP contribution >= 0.6 is 0 Å². The summed E-state index contributed by atoms with van der Waals surface area (Å²) in [6.45, 7) is 0. The molecule has 3 nitrogen and oxygen atoms in total. The molecule has 0 saturated carbocycles. The molecule has 0 aromatic heterocycles. The van der Waals surface area contributed by atoms with Crippen LogP contribution in [0, 0.1) is 0 Å². The molecule has 0 amide bonds. The summed E-state index contributed by atoms with van der Waals surface area (Å²) in [6.07, 6.45) is -0.0840. The molecule has 4 heteroatoms. The van der Waals surface area contributed by atoms with Crippen LogP contribution in [0.4, 0.5) is 0 Å². The fourth-order valence-corrected chi connectivity index (χ4v) is 1.84. The molecule has 0 aliphatic heterocycles. The van der Waals surface area contributed by atoms with Gasteiger partial charge in [-0.2, -0.15) is 0 Å². The van der Waals surface area contributed by atoms with Gasteiger partial charge in [0.1, 0.15) is 0 Å². The molecule has 0 fully saturated rings. The van der Waals surface area contributed by atoms with E-state index in [9.17, 15) is 9.59 Å². The minimum Gasteiger partial charge on any atom is -1.00 e. The van der Waals surface area contributed by atoms with Crippen molar-refractivity contribution in [1.82, 2.24) is 0 Å². The number of carboxylic acid groups (broad SMARTS) is 1. The van der Waals surface area contributed by atoms with Crippen molar-refractivity contribution in [1.29, 1.82) is 0 Å². The molecule has 0 heterocycles. The molecule has 2 aromatic rings. The average Bonchev–Trinajstić information content (AvgIpc) is 2.46. The predicted molar refractivity (Wildman–Crippen MR) is 74.2 cm³/mol. The van der Waals surface area contributed by atoms with Gasteiger partial charge in [0.25, 0.3) is 0 Å². The Hall–Kier alpha value is -1.42. The van der Waals surface area contributed by atoms with Crippen molar-refractivity contribution in [3.05, 3.63) is 60.2 Å². The summed E-state index contributed by atoms with van der Waals surface area (Å²) >= 11 is 0. The summed E-state index contributed by atoms with van der Waals surface area (Å²) in [7, 11) is 0. The van der Waals surface area contributed by atoms with E-state index in [1.807, 2.05) is 42.5 Å². The second kappa shape index (κ2) is 8.00. The van der Waals surface area contributed by atoms with Crippen molar-refractivity contribution in [2.45, 2.75) is 12.8 Å². The second-order valence-electron chi connectivity index (χ2n) is 4.26. The van der Waals surface area contributed by atoms with E-state index in [0.717, 1.165) is 11.1 Å². The van der Waals surface area contributed by atoms with Crippen LogP contribution in [-0.2, 0) is 4.79 Å². The maximum absolute atomic E-state index is 11.7. The molecule has 2 aromatic carbocycles. The van der Waals surface area contributed by atoms with Crippen LogP contribution in [0.3, 0.4) is 0 Å². The van der Waals surface area contributed by atoms with Gasteiger partial charge in [-0.25, -0.2) is 0 Å². The summed E-state index contributed by atoms with van der Waals surface area (Å²) in [5, 5.41) is 8.55. The van der Waals surface area contributed by atoms with Gasteiger partial charge in [0, 0.05) is 12.0 Å². The molecular formula is C16H15NaO3. The van der Waals surface area contributed by atoms with Crippen molar-refractivity contribution in [2.24, 2.45) is 0 Å². The number of benzene rings is 2. The van der Waals surface area contributed by atoms with E-state index in [0.29, 0.717) is 5.56 Å². The normalized spacial score (nSPS) is 9.60. The quantitative estimate of drug-likeness (QED) is 0.641. The molecule has 2 rings (SSSR count). The maximum atomic E-state index is 11.7. The summed E-state index contributed by atoms with van der Waals surface area (Å²) in [5.41, 5.74) is 2.68. The summed E-state index contributed by atoms with van der Waals surface area (Å²) in [4.78, 5) is 22.2. The summed E-state index contributed by atoms with van der Waals surface area (Å²) < 4.78 is 0. The first-order chi connectivity index (χ1) is 9.16. The number of aliphatic carboxylic acids is 1. The Labute approximate surface area is 141 Å².